The zero-order valence-corrected chi connectivity index (χ0v) is 13.9. The summed E-state index contributed by atoms with van der Waals surface area (Å²) in [5.74, 6) is 0.161. The molecule has 0 saturated heterocycles. The summed E-state index contributed by atoms with van der Waals surface area (Å²) in [6, 6.07) is 4.76. The predicted molar refractivity (Wildman–Crippen MR) is 87.6 cm³/mol. The Morgan fingerprint density at radius 1 is 1.30 bits per heavy atom. The molecule has 2 heterocycles. The van der Waals surface area contributed by atoms with Crippen molar-refractivity contribution in [2.75, 3.05) is 0 Å². The Kier molecular flexibility index (Phi) is 5.52. The minimum Gasteiger partial charge on any atom is -0.294 e. The molecule has 2 aromatic rings. The summed E-state index contributed by atoms with van der Waals surface area (Å²) in [7, 11) is 0. The fourth-order valence-corrected chi connectivity index (χ4v) is 3.59. The maximum Gasteiger partial charge on any atom is 0.169 e. The highest BCUT2D eigenvalue weighted by molar-refractivity contribution is 7.12. The number of nitrogens with zero attached hydrogens (tertiary/aromatic N) is 1. The number of Topliss-reactive ketones (excluding diaryl/α,β-unsaturated/α-hetero) is 1. The van der Waals surface area contributed by atoms with Gasteiger partial charge in [0.05, 0.1) is 4.88 Å². The van der Waals surface area contributed by atoms with Gasteiger partial charge in [0.15, 0.2) is 5.78 Å². The van der Waals surface area contributed by atoms with Crippen LogP contribution < -0.4 is 0 Å². The van der Waals surface area contributed by atoms with Gasteiger partial charge in [0.1, 0.15) is 0 Å². The van der Waals surface area contributed by atoms with Gasteiger partial charge >= 0.3 is 0 Å². The lowest BCUT2D eigenvalue weighted by atomic mass is 10.1. The largest absolute Gasteiger partial charge is 0.294 e. The number of thiophene rings is 2. The first-order chi connectivity index (χ1) is 9.60. The Balaban J connectivity index is 2.08. The van der Waals surface area contributed by atoms with Crippen molar-refractivity contribution in [2.24, 2.45) is 0 Å². The highest BCUT2D eigenvalue weighted by atomic mass is 32.1. The summed E-state index contributed by atoms with van der Waals surface area (Å²) < 4.78 is 0. The van der Waals surface area contributed by atoms with E-state index in [4.69, 9.17) is 0 Å². The van der Waals surface area contributed by atoms with E-state index in [1.807, 2.05) is 6.07 Å². The lowest BCUT2D eigenvalue weighted by Crippen LogP contribution is -2.31. The number of hydrogen-bond donors (Lipinski definition) is 0. The molecule has 2 nitrogen and oxygen atoms in total. The van der Waals surface area contributed by atoms with Crippen LogP contribution in [0.3, 0.4) is 0 Å². The molecule has 108 valence electrons. The summed E-state index contributed by atoms with van der Waals surface area (Å²) in [5, 5.41) is 6.45. The maximum absolute atomic E-state index is 11.4. The minimum atomic E-state index is 0.161. The van der Waals surface area contributed by atoms with Gasteiger partial charge in [-0.15, -0.1) is 11.3 Å². The van der Waals surface area contributed by atoms with Crippen LogP contribution in [-0.2, 0) is 13.1 Å². The molecule has 0 unspecified atom stereocenters. The molecule has 0 saturated carbocycles. The summed E-state index contributed by atoms with van der Waals surface area (Å²) in [6.07, 6.45) is 1.13. The van der Waals surface area contributed by atoms with Gasteiger partial charge in [-0.3, -0.25) is 9.69 Å². The van der Waals surface area contributed by atoms with Crippen LogP contribution in [0.25, 0.3) is 0 Å². The SMILES string of the molecule is CC[C@H](C)N(Cc1ccsc1)Cc1csc(C(C)=O)c1. The minimum absolute atomic E-state index is 0.161. The average Bonchev–Trinajstić information content (AvgIpc) is 3.08. The third-order valence-corrected chi connectivity index (χ3v) is 5.38. The first-order valence-corrected chi connectivity index (χ1v) is 8.75. The Labute approximate surface area is 129 Å². The van der Waals surface area contributed by atoms with E-state index in [0.29, 0.717) is 6.04 Å². The molecule has 0 spiro atoms. The Morgan fingerprint density at radius 3 is 2.60 bits per heavy atom. The van der Waals surface area contributed by atoms with E-state index < -0.39 is 0 Å². The molecule has 0 aliphatic heterocycles. The van der Waals surface area contributed by atoms with E-state index >= 15 is 0 Å². The number of ketones is 1. The molecule has 2 aromatic heterocycles. The monoisotopic (exact) mass is 307 g/mol. The molecule has 0 amide bonds. The highest BCUT2D eigenvalue weighted by Gasteiger charge is 2.15. The average molecular weight is 307 g/mol. The van der Waals surface area contributed by atoms with Crippen LogP contribution in [0.4, 0.5) is 0 Å². The predicted octanol–water partition coefficient (Wildman–Crippen LogP) is 4.81. The van der Waals surface area contributed by atoms with Gasteiger partial charge in [-0.2, -0.15) is 11.3 Å². The van der Waals surface area contributed by atoms with E-state index in [-0.39, 0.29) is 5.78 Å². The second-order valence-electron chi connectivity index (χ2n) is 5.17. The third kappa shape index (κ3) is 4.01. The van der Waals surface area contributed by atoms with Crippen molar-refractivity contribution >= 4 is 28.5 Å². The maximum atomic E-state index is 11.4. The second-order valence-corrected chi connectivity index (χ2v) is 6.86. The van der Waals surface area contributed by atoms with Crippen molar-refractivity contribution in [1.29, 1.82) is 0 Å². The van der Waals surface area contributed by atoms with E-state index in [0.717, 1.165) is 24.4 Å². The summed E-state index contributed by atoms with van der Waals surface area (Å²) in [4.78, 5) is 14.7. The van der Waals surface area contributed by atoms with E-state index in [2.05, 4.69) is 41.0 Å². The molecule has 0 N–H and O–H groups in total. The molecule has 0 aliphatic rings. The van der Waals surface area contributed by atoms with Gasteiger partial charge in [-0.1, -0.05) is 6.92 Å². The number of carbonyl (C=O) groups excluding carboxylic acids is 1. The van der Waals surface area contributed by atoms with Gasteiger partial charge in [-0.05, 0) is 59.7 Å². The quantitative estimate of drug-likeness (QED) is 0.684. The molecule has 0 radical (unpaired) electrons. The zero-order chi connectivity index (χ0) is 14.5. The van der Waals surface area contributed by atoms with Gasteiger partial charge in [0.25, 0.3) is 0 Å². The molecule has 0 bridgehead atoms. The molecule has 4 heteroatoms. The zero-order valence-electron chi connectivity index (χ0n) is 12.3. The van der Waals surface area contributed by atoms with Gasteiger partial charge in [0.2, 0.25) is 0 Å². The first kappa shape index (κ1) is 15.4. The van der Waals surface area contributed by atoms with Crippen molar-refractivity contribution < 1.29 is 4.79 Å². The molecule has 2 rings (SSSR count). The van der Waals surface area contributed by atoms with Crippen molar-refractivity contribution in [3.8, 4) is 0 Å². The summed E-state index contributed by atoms with van der Waals surface area (Å²) in [6.45, 7) is 8.01. The van der Waals surface area contributed by atoms with Crippen molar-refractivity contribution in [3.63, 3.8) is 0 Å². The smallest absolute Gasteiger partial charge is 0.169 e. The van der Waals surface area contributed by atoms with Crippen LogP contribution in [0.15, 0.2) is 28.3 Å². The fraction of sp³-hybridized carbons (Fsp3) is 0.438. The lowest BCUT2D eigenvalue weighted by molar-refractivity contribution is 0.102. The van der Waals surface area contributed by atoms with Crippen LogP contribution in [0.1, 0.15) is 48.0 Å². The van der Waals surface area contributed by atoms with Crippen LogP contribution in [0.5, 0.6) is 0 Å². The van der Waals surface area contributed by atoms with Crippen LogP contribution in [0, 0.1) is 0 Å². The van der Waals surface area contributed by atoms with E-state index in [1.54, 1.807) is 29.6 Å². The van der Waals surface area contributed by atoms with Gasteiger partial charge < -0.3 is 0 Å². The fourth-order valence-electron chi connectivity index (χ4n) is 2.12. The standard InChI is InChI=1S/C16H21NOS2/c1-4-12(2)17(8-14-5-6-19-10-14)9-15-7-16(13(3)18)20-11-15/h5-7,10-12H,4,8-9H2,1-3H3/t12-/m0/s1. The molecule has 0 aliphatic carbocycles. The Bertz CT molecular complexity index is 545. The van der Waals surface area contributed by atoms with Crippen LogP contribution >= 0.6 is 22.7 Å². The Morgan fingerprint density at radius 2 is 2.05 bits per heavy atom. The van der Waals surface area contributed by atoms with Gasteiger partial charge in [0, 0.05) is 19.1 Å². The normalized spacial score (nSPS) is 12.8. The van der Waals surface area contributed by atoms with Crippen molar-refractivity contribution in [3.05, 3.63) is 44.3 Å². The van der Waals surface area contributed by atoms with Crippen molar-refractivity contribution in [1.82, 2.24) is 4.90 Å². The van der Waals surface area contributed by atoms with Crippen LogP contribution in [0.2, 0.25) is 0 Å². The second kappa shape index (κ2) is 7.16. The molecule has 20 heavy (non-hydrogen) atoms. The van der Waals surface area contributed by atoms with Gasteiger partial charge in [-0.25, -0.2) is 0 Å². The van der Waals surface area contributed by atoms with Crippen LogP contribution in [-0.4, -0.2) is 16.7 Å². The van der Waals surface area contributed by atoms with E-state index in [9.17, 15) is 4.79 Å². The molecular weight excluding hydrogens is 286 g/mol. The lowest BCUT2D eigenvalue weighted by Gasteiger charge is -2.27. The first-order valence-electron chi connectivity index (χ1n) is 6.93. The molecule has 1 atom stereocenters. The number of rotatable bonds is 7. The highest BCUT2D eigenvalue weighted by Crippen LogP contribution is 2.21. The molecule has 0 aromatic carbocycles. The molecular formula is C16H21NOS2. The van der Waals surface area contributed by atoms with E-state index in [1.165, 1.54) is 11.1 Å². The van der Waals surface area contributed by atoms with Crippen molar-refractivity contribution in [2.45, 2.75) is 46.3 Å². The third-order valence-electron chi connectivity index (χ3n) is 3.57. The number of carbonyl (C=O) groups is 1. The molecule has 0 fully saturated rings. The number of hydrogen-bond acceptors (Lipinski definition) is 4. The topological polar surface area (TPSA) is 20.3 Å². The Hall–Kier alpha value is -0.970. The summed E-state index contributed by atoms with van der Waals surface area (Å²) in [5.41, 5.74) is 2.62. The summed E-state index contributed by atoms with van der Waals surface area (Å²) >= 11 is 3.30.